The van der Waals surface area contributed by atoms with E-state index in [1.165, 1.54) is 16.4 Å². The van der Waals surface area contributed by atoms with Crippen molar-refractivity contribution in [2.24, 2.45) is 5.92 Å². The fourth-order valence-corrected chi connectivity index (χ4v) is 3.69. The Labute approximate surface area is 125 Å². The van der Waals surface area contributed by atoms with Gasteiger partial charge in [-0.15, -0.1) is 11.6 Å². The van der Waals surface area contributed by atoms with Gasteiger partial charge in [0.2, 0.25) is 10.0 Å². The third-order valence-corrected chi connectivity index (χ3v) is 5.60. The third-order valence-electron chi connectivity index (χ3n) is 3.33. The molecule has 0 saturated carbocycles. The summed E-state index contributed by atoms with van der Waals surface area (Å²) in [6.07, 6.45) is 0.871. The minimum absolute atomic E-state index is 0.153. The SMILES string of the molecule is CCC(C)CN(CC)S(=O)(=O)c1cc(CCl)ccc1F. The molecule has 1 aromatic carbocycles. The Hall–Kier alpha value is -0.650. The van der Waals surface area contributed by atoms with E-state index in [0.29, 0.717) is 18.7 Å². The summed E-state index contributed by atoms with van der Waals surface area (Å²) in [6, 6.07) is 3.96. The number of rotatable bonds is 7. The highest BCUT2D eigenvalue weighted by atomic mass is 35.5. The average molecular weight is 322 g/mol. The molecule has 6 heteroatoms. The molecule has 0 heterocycles. The van der Waals surface area contributed by atoms with Crippen molar-refractivity contribution in [2.45, 2.75) is 38.0 Å². The zero-order chi connectivity index (χ0) is 15.3. The molecule has 0 aromatic heterocycles. The van der Waals surface area contributed by atoms with Crippen LogP contribution in [-0.2, 0) is 15.9 Å². The van der Waals surface area contributed by atoms with Gasteiger partial charge in [0.1, 0.15) is 10.7 Å². The van der Waals surface area contributed by atoms with Gasteiger partial charge in [0.25, 0.3) is 0 Å². The lowest BCUT2D eigenvalue weighted by atomic mass is 10.1. The van der Waals surface area contributed by atoms with Crippen molar-refractivity contribution in [3.05, 3.63) is 29.6 Å². The molecule has 1 atom stereocenters. The van der Waals surface area contributed by atoms with Crippen LogP contribution < -0.4 is 0 Å². The molecule has 0 bridgehead atoms. The standard InChI is InChI=1S/C14H21ClFNO2S/c1-4-11(3)10-17(5-2)20(18,19)14-8-12(9-15)6-7-13(14)16/h6-8,11H,4-5,9-10H2,1-3H3. The summed E-state index contributed by atoms with van der Waals surface area (Å²) in [5, 5.41) is 0. The first-order chi connectivity index (χ1) is 9.36. The lowest BCUT2D eigenvalue weighted by Crippen LogP contribution is -2.35. The van der Waals surface area contributed by atoms with Gasteiger partial charge in [-0.1, -0.05) is 33.3 Å². The molecule has 1 aromatic rings. The van der Waals surface area contributed by atoms with Gasteiger partial charge < -0.3 is 0 Å². The first-order valence-electron chi connectivity index (χ1n) is 6.71. The maximum atomic E-state index is 13.9. The molecule has 0 radical (unpaired) electrons. The Kier molecular flexibility index (Phi) is 6.43. The highest BCUT2D eigenvalue weighted by Gasteiger charge is 2.27. The monoisotopic (exact) mass is 321 g/mol. The molecule has 1 rings (SSSR count). The maximum Gasteiger partial charge on any atom is 0.245 e. The third kappa shape index (κ3) is 3.93. The Balaban J connectivity index is 3.19. The topological polar surface area (TPSA) is 37.4 Å². The van der Waals surface area contributed by atoms with Gasteiger partial charge in [0.15, 0.2) is 0 Å². The number of sulfonamides is 1. The number of alkyl halides is 1. The minimum atomic E-state index is -3.82. The van der Waals surface area contributed by atoms with Crippen molar-refractivity contribution in [1.82, 2.24) is 4.31 Å². The van der Waals surface area contributed by atoms with Gasteiger partial charge in [-0.05, 0) is 23.6 Å². The summed E-state index contributed by atoms with van der Waals surface area (Å²) in [7, 11) is -3.82. The van der Waals surface area contributed by atoms with Crippen molar-refractivity contribution in [3.8, 4) is 0 Å². The summed E-state index contributed by atoms with van der Waals surface area (Å²) in [5.41, 5.74) is 0.589. The summed E-state index contributed by atoms with van der Waals surface area (Å²) in [6.45, 7) is 6.43. The molecule has 0 saturated heterocycles. The Morgan fingerprint density at radius 2 is 2.00 bits per heavy atom. The maximum absolute atomic E-state index is 13.9. The van der Waals surface area contributed by atoms with Gasteiger partial charge in [0, 0.05) is 19.0 Å². The predicted molar refractivity (Wildman–Crippen MR) is 79.8 cm³/mol. The molecule has 0 spiro atoms. The van der Waals surface area contributed by atoms with Crippen LogP contribution in [0, 0.1) is 11.7 Å². The van der Waals surface area contributed by atoms with Crippen LogP contribution >= 0.6 is 11.6 Å². The summed E-state index contributed by atoms with van der Waals surface area (Å²) in [5.74, 6) is -0.356. The van der Waals surface area contributed by atoms with Crippen LogP contribution in [0.3, 0.4) is 0 Å². The summed E-state index contributed by atoms with van der Waals surface area (Å²) < 4.78 is 40.3. The molecule has 0 aliphatic carbocycles. The van der Waals surface area contributed by atoms with E-state index in [9.17, 15) is 12.8 Å². The van der Waals surface area contributed by atoms with Crippen LogP contribution in [0.4, 0.5) is 4.39 Å². The lowest BCUT2D eigenvalue weighted by molar-refractivity contribution is 0.360. The van der Waals surface area contributed by atoms with Crippen LogP contribution in [-0.4, -0.2) is 25.8 Å². The van der Waals surface area contributed by atoms with Gasteiger partial charge >= 0.3 is 0 Å². The molecular formula is C14H21ClFNO2S. The van der Waals surface area contributed by atoms with E-state index in [4.69, 9.17) is 11.6 Å². The molecule has 114 valence electrons. The summed E-state index contributed by atoms with van der Waals surface area (Å²) in [4.78, 5) is -0.291. The minimum Gasteiger partial charge on any atom is -0.207 e. The van der Waals surface area contributed by atoms with E-state index >= 15 is 0 Å². The van der Waals surface area contributed by atoms with Crippen LogP contribution in [0.25, 0.3) is 0 Å². The second-order valence-electron chi connectivity index (χ2n) is 4.87. The zero-order valence-corrected chi connectivity index (χ0v) is 13.6. The molecule has 0 aliphatic heterocycles. The van der Waals surface area contributed by atoms with E-state index in [1.807, 2.05) is 13.8 Å². The zero-order valence-electron chi connectivity index (χ0n) is 12.1. The quantitative estimate of drug-likeness (QED) is 0.719. The first kappa shape index (κ1) is 17.4. The summed E-state index contributed by atoms with van der Waals surface area (Å²) >= 11 is 5.69. The Morgan fingerprint density at radius 1 is 1.35 bits per heavy atom. The molecule has 1 unspecified atom stereocenters. The predicted octanol–water partition coefficient (Wildman–Crippen LogP) is 3.62. The molecule has 20 heavy (non-hydrogen) atoms. The van der Waals surface area contributed by atoms with Gasteiger partial charge in [-0.25, -0.2) is 12.8 Å². The molecular weight excluding hydrogens is 301 g/mol. The van der Waals surface area contributed by atoms with Gasteiger partial charge in [0.05, 0.1) is 0 Å². The lowest BCUT2D eigenvalue weighted by Gasteiger charge is -2.23. The second-order valence-corrected chi connectivity index (χ2v) is 7.04. The molecule has 0 N–H and O–H groups in total. The van der Waals surface area contributed by atoms with E-state index in [1.54, 1.807) is 6.92 Å². The van der Waals surface area contributed by atoms with E-state index in [2.05, 4.69) is 0 Å². The molecule has 0 fully saturated rings. The highest BCUT2D eigenvalue weighted by Crippen LogP contribution is 2.22. The van der Waals surface area contributed by atoms with Crippen LogP contribution in [0.1, 0.15) is 32.8 Å². The fourth-order valence-electron chi connectivity index (χ4n) is 1.84. The smallest absolute Gasteiger partial charge is 0.207 e. The molecule has 0 aliphatic rings. The molecule has 3 nitrogen and oxygen atoms in total. The van der Waals surface area contributed by atoms with Gasteiger partial charge in [-0.2, -0.15) is 4.31 Å². The second kappa shape index (κ2) is 7.38. The highest BCUT2D eigenvalue weighted by molar-refractivity contribution is 7.89. The number of halogens is 2. The fraction of sp³-hybridized carbons (Fsp3) is 0.571. The van der Waals surface area contributed by atoms with Crippen molar-refractivity contribution < 1.29 is 12.8 Å². The van der Waals surface area contributed by atoms with E-state index in [-0.39, 0.29) is 16.7 Å². The van der Waals surface area contributed by atoms with Gasteiger partial charge in [-0.3, -0.25) is 0 Å². The van der Waals surface area contributed by atoms with Crippen molar-refractivity contribution in [1.29, 1.82) is 0 Å². The van der Waals surface area contributed by atoms with Crippen molar-refractivity contribution >= 4 is 21.6 Å². The number of benzene rings is 1. The Bertz CT molecular complexity index is 548. The number of hydrogen-bond donors (Lipinski definition) is 0. The number of nitrogens with zero attached hydrogens (tertiary/aromatic N) is 1. The van der Waals surface area contributed by atoms with Crippen LogP contribution in [0.5, 0.6) is 0 Å². The largest absolute Gasteiger partial charge is 0.245 e. The van der Waals surface area contributed by atoms with Crippen LogP contribution in [0.15, 0.2) is 23.1 Å². The van der Waals surface area contributed by atoms with Crippen molar-refractivity contribution in [3.63, 3.8) is 0 Å². The van der Waals surface area contributed by atoms with Crippen molar-refractivity contribution in [2.75, 3.05) is 13.1 Å². The average Bonchev–Trinajstić information content (AvgIpc) is 2.44. The van der Waals surface area contributed by atoms with E-state index in [0.717, 1.165) is 12.5 Å². The Morgan fingerprint density at radius 3 is 2.50 bits per heavy atom. The number of hydrogen-bond acceptors (Lipinski definition) is 2. The molecule has 0 amide bonds. The van der Waals surface area contributed by atoms with Crippen LogP contribution in [0.2, 0.25) is 0 Å². The normalized spacial score (nSPS) is 13.7. The van der Waals surface area contributed by atoms with E-state index < -0.39 is 15.8 Å². The first-order valence-corrected chi connectivity index (χ1v) is 8.68.